The number of amides is 1. The van der Waals surface area contributed by atoms with Crippen molar-refractivity contribution in [1.82, 2.24) is 14.9 Å². The SMILES string of the molecule is Cc1cn([C@H]2C[C@@H](O)[C@@H](COP(=O)(O)OP(=O)(O)OP(=O)(O)OCc3ccc(CNC(=O)C(F)(F)F)cc3)O2)c(=O)[nH]c1=O. The average Bonchev–Trinajstić information content (AvgIpc) is 3.25. The Balaban J connectivity index is 1.50. The number of carbonyl (C=O) groups excluding carboxylic acids is 1. The number of hydrogen-bond donors (Lipinski definition) is 6. The van der Waals surface area contributed by atoms with E-state index < -0.39 is 85.0 Å². The maximum atomic E-state index is 12.2. The predicted octanol–water partition coefficient (Wildman–Crippen LogP) is 1.24. The first-order valence-electron chi connectivity index (χ1n) is 11.9. The van der Waals surface area contributed by atoms with Crippen molar-refractivity contribution in [2.45, 2.75) is 51.1 Å². The molecule has 1 aliphatic rings. The first kappa shape index (κ1) is 36.0. The van der Waals surface area contributed by atoms with E-state index in [4.69, 9.17) is 4.74 Å². The molecule has 1 aliphatic heterocycles. The van der Waals surface area contributed by atoms with E-state index in [0.717, 1.165) is 10.8 Å². The van der Waals surface area contributed by atoms with Crippen molar-refractivity contribution < 1.29 is 73.9 Å². The van der Waals surface area contributed by atoms with Gasteiger partial charge in [0.15, 0.2) is 0 Å². The van der Waals surface area contributed by atoms with E-state index >= 15 is 0 Å². The second-order valence-electron chi connectivity index (χ2n) is 9.05. The van der Waals surface area contributed by atoms with Crippen molar-refractivity contribution in [2.75, 3.05) is 6.61 Å². The number of aliphatic hydroxyl groups excluding tert-OH is 1. The van der Waals surface area contributed by atoms with Crippen molar-refractivity contribution in [2.24, 2.45) is 0 Å². The van der Waals surface area contributed by atoms with E-state index in [9.17, 15) is 61.0 Å². The minimum atomic E-state index is -5.84. The molecule has 1 amide bonds. The molecule has 246 valence electrons. The van der Waals surface area contributed by atoms with Crippen molar-refractivity contribution in [3.05, 3.63) is 68.0 Å². The third-order valence-corrected chi connectivity index (χ3v) is 9.84. The summed E-state index contributed by atoms with van der Waals surface area (Å²) in [5, 5.41) is 11.8. The van der Waals surface area contributed by atoms with E-state index in [1.807, 2.05) is 4.98 Å². The zero-order valence-electron chi connectivity index (χ0n) is 22.1. The number of rotatable bonds is 13. The summed E-state index contributed by atoms with van der Waals surface area (Å²) in [5.41, 5.74) is -1.04. The summed E-state index contributed by atoms with van der Waals surface area (Å²) in [4.78, 5) is 65.7. The Labute approximate surface area is 244 Å². The summed E-state index contributed by atoms with van der Waals surface area (Å²) in [6.45, 7) is -0.783. The van der Waals surface area contributed by atoms with Gasteiger partial charge in [-0.1, -0.05) is 24.3 Å². The molecule has 1 fully saturated rings. The molecule has 0 saturated carbocycles. The van der Waals surface area contributed by atoms with Crippen LogP contribution in [-0.4, -0.2) is 60.2 Å². The van der Waals surface area contributed by atoms with Gasteiger partial charge in [-0.25, -0.2) is 18.5 Å². The number of aliphatic hydroxyl groups is 1. The zero-order chi connectivity index (χ0) is 33.1. The van der Waals surface area contributed by atoms with Crippen LogP contribution in [0.5, 0.6) is 0 Å². The molecule has 24 heteroatoms. The molecule has 2 aromatic rings. The minimum absolute atomic E-state index is 0.117. The molecule has 18 nitrogen and oxygen atoms in total. The standard InChI is InChI=1S/C20H25F3N3O15P3/c1-11-8-26(19(30)25-17(11)28)16-6-14(27)15(39-16)10-38-43(33,34)41-44(35,36)40-42(31,32)37-9-13-4-2-12(3-5-13)7-24-18(29)20(21,22)23/h2-5,8,14-16,27H,6-7,9-10H2,1H3,(H,24,29)(H,31,32)(H,33,34)(H,35,36)(H,25,28,30)/t14-,15-,16-/m1/s1. The summed E-state index contributed by atoms with van der Waals surface area (Å²) < 4.78 is 96.5. The molecule has 3 unspecified atom stereocenters. The largest absolute Gasteiger partial charge is 0.490 e. The molecule has 6 atom stereocenters. The molecule has 1 aromatic heterocycles. The van der Waals surface area contributed by atoms with Gasteiger partial charge < -0.3 is 29.8 Å². The van der Waals surface area contributed by atoms with Crippen molar-refractivity contribution in [1.29, 1.82) is 0 Å². The Bertz CT molecular complexity index is 1610. The number of halogens is 3. The average molecular weight is 697 g/mol. The number of aromatic amines is 1. The molecule has 0 radical (unpaired) electrons. The van der Waals surface area contributed by atoms with Gasteiger partial charge in [-0.05, 0) is 18.1 Å². The lowest BCUT2D eigenvalue weighted by Gasteiger charge is -2.20. The molecule has 6 N–H and O–H groups in total. The predicted molar refractivity (Wildman–Crippen MR) is 137 cm³/mol. The molecule has 44 heavy (non-hydrogen) atoms. The van der Waals surface area contributed by atoms with Crippen LogP contribution >= 0.6 is 23.5 Å². The molecule has 0 aliphatic carbocycles. The third kappa shape index (κ3) is 10.5. The number of benzene rings is 1. The number of carbonyl (C=O) groups is 1. The molecule has 2 heterocycles. The smallest absolute Gasteiger partial charge is 0.390 e. The summed E-state index contributed by atoms with van der Waals surface area (Å²) in [6.07, 6.45) is -8.02. The number of phosphoric acid groups is 3. The highest BCUT2D eigenvalue weighted by Gasteiger charge is 2.44. The van der Waals surface area contributed by atoms with Crippen LogP contribution in [0, 0.1) is 6.92 Å². The number of nitrogens with zero attached hydrogens (tertiary/aromatic N) is 1. The molecular formula is C20H25F3N3O15P3. The van der Waals surface area contributed by atoms with E-state index in [1.165, 1.54) is 31.2 Å². The highest BCUT2D eigenvalue weighted by Crippen LogP contribution is 2.67. The Hall–Kier alpha value is -2.51. The van der Waals surface area contributed by atoms with Gasteiger partial charge in [-0.3, -0.25) is 28.2 Å². The number of alkyl halides is 3. The van der Waals surface area contributed by atoms with Crippen LogP contribution < -0.4 is 16.6 Å². The minimum Gasteiger partial charge on any atom is -0.390 e. The highest BCUT2D eigenvalue weighted by atomic mass is 31.3. The quantitative estimate of drug-likeness (QED) is 0.161. The van der Waals surface area contributed by atoms with Gasteiger partial charge >= 0.3 is 41.2 Å². The molecular weight excluding hydrogens is 672 g/mol. The topological polar surface area (TPSA) is 262 Å². The normalized spacial score (nSPS) is 23.0. The lowest BCUT2D eigenvalue weighted by molar-refractivity contribution is -0.173. The van der Waals surface area contributed by atoms with Gasteiger partial charge in [0.25, 0.3) is 5.56 Å². The number of H-pyrrole nitrogens is 1. The fraction of sp³-hybridized carbons (Fsp3) is 0.450. The van der Waals surface area contributed by atoms with Gasteiger partial charge in [0, 0.05) is 24.7 Å². The Morgan fingerprint density at radius 3 is 2.20 bits per heavy atom. The van der Waals surface area contributed by atoms with E-state index in [0.29, 0.717) is 0 Å². The molecule has 0 bridgehead atoms. The fourth-order valence-corrected chi connectivity index (χ4v) is 7.02. The summed E-state index contributed by atoms with van der Waals surface area (Å²) in [6, 6.07) is 4.92. The van der Waals surface area contributed by atoms with Crippen LogP contribution in [0.2, 0.25) is 0 Å². The number of aryl methyl sites for hydroxylation is 1. The molecule has 1 saturated heterocycles. The van der Waals surface area contributed by atoms with Crippen molar-refractivity contribution >= 4 is 29.4 Å². The number of phosphoric ester groups is 2. The molecule has 3 rings (SSSR count). The number of nitrogens with one attached hydrogen (secondary N) is 2. The summed E-state index contributed by atoms with van der Waals surface area (Å²) >= 11 is 0. The van der Waals surface area contributed by atoms with Crippen LogP contribution in [-0.2, 0) is 54.0 Å². The van der Waals surface area contributed by atoms with Gasteiger partial charge in [-0.2, -0.15) is 21.8 Å². The Morgan fingerprint density at radius 2 is 1.61 bits per heavy atom. The summed E-state index contributed by atoms with van der Waals surface area (Å²) in [7, 11) is -16.8. The Kier molecular flexibility index (Phi) is 11.3. The number of hydrogen-bond acceptors (Lipinski definition) is 12. The molecule has 1 aromatic carbocycles. The van der Waals surface area contributed by atoms with Crippen molar-refractivity contribution in [3.63, 3.8) is 0 Å². The number of aromatic nitrogens is 2. The fourth-order valence-electron chi connectivity index (χ4n) is 3.52. The third-order valence-electron chi connectivity index (χ3n) is 5.60. The lowest BCUT2D eigenvalue weighted by Crippen LogP contribution is -2.36. The first-order valence-corrected chi connectivity index (χ1v) is 16.4. The second kappa shape index (κ2) is 13.9. The van der Waals surface area contributed by atoms with Crippen LogP contribution in [0.3, 0.4) is 0 Å². The van der Waals surface area contributed by atoms with Gasteiger partial charge in [0.1, 0.15) is 12.3 Å². The zero-order valence-corrected chi connectivity index (χ0v) is 24.8. The Morgan fingerprint density at radius 1 is 1.05 bits per heavy atom. The summed E-state index contributed by atoms with van der Waals surface area (Å²) in [5.74, 6) is -2.16. The van der Waals surface area contributed by atoms with Crippen LogP contribution in [0.1, 0.15) is 29.3 Å². The van der Waals surface area contributed by atoms with Gasteiger partial charge in [0.05, 0.1) is 19.3 Å². The van der Waals surface area contributed by atoms with E-state index in [1.54, 1.807) is 5.32 Å². The molecule has 0 spiro atoms. The van der Waals surface area contributed by atoms with Gasteiger partial charge in [0.2, 0.25) is 0 Å². The second-order valence-corrected chi connectivity index (χ2v) is 13.7. The maximum absolute atomic E-state index is 12.2. The maximum Gasteiger partial charge on any atom is 0.490 e. The van der Waals surface area contributed by atoms with E-state index in [2.05, 4.69) is 17.7 Å². The van der Waals surface area contributed by atoms with Crippen LogP contribution in [0.15, 0.2) is 40.1 Å². The monoisotopic (exact) mass is 697 g/mol. The van der Waals surface area contributed by atoms with Crippen LogP contribution in [0.4, 0.5) is 13.2 Å². The lowest BCUT2D eigenvalue weighted by atomic mass is 10.1. The van der Waals surface area contributed by atoms with Crippen molar-refractivity contribution in [3.8, 4) is 0 Å². The van der Waals surface area contributed by atoms with Crippen LogP contribution in [0.25, 0.3) is 0 Å². The number of ether oxygens (including phenoxy) is 1. The first-order chi connectivity index (χ1) is 20.2. The van der Waals surface area contributed by atoms with Gasteiger partial charge in [-0.15, -0.1) is 0 Å². The van der Waals surface area contributed by atoms with E-state index in [-0.39, 0.29) is 23.1 Å². The highest BCUT2D eigenvalue weighted by molar-refractivity contribution is 7.66.